The zero-order chi connectivity index (χ0) is 22.6. The van der Waals surface area contributed by atoms with Crippen LogP contribution in [0.15, 0.2) is 30.5 Å². The van der Waals surface area contributed by atoms with Crippen molar-refractivity contribution in [2.75, 3.05) is 5.32 Å². The zero-order valence-electron chi connectivity index (χ0n) is 18.3. The van der Waals surface area contributed by atoms with Gasteiger partial charge in [-0.2, -0.15) is 18.3 Å². The maximum absolute atomic E-state index is 14.0. The minimum absolute atomic E-state index is 0.133. The molecule has 1 aromatic heterocycles. The Labute approximate surface area is 196 Å². The van der Waals surface area contributed by atoms with Gasteiger partial charge in [0.15, 0.2) is 6.04 Å². The first-order valence-corrected chi connectivity index (χ1v) is 12.5. The van der Waals surface area contributed by atoms with Gasteiger partial charge in [-0.25, -0.2) is 4.68 Å². The molecule has 4 nitrogen and oxygen atoms in total. The summed E-state index contributed by atoms with van der Waals surface area (Å²) in [6.45, 7) is 0.544. The van der Waals surface area contributed by atoms with Crippen molar-refractivity contribution in [2.45, 2.75) is 75.3 Å². The Morgan fingerprint density at radius 1 is 1.12 bits per heavy atom. The van der Waals surface area contributed by atoms with Gasteiger partial charge >= 0.3 is 6.18 Å². The minimum atomic E-state index is -4.38. The van der Waals surface area contributed by atoms with Crippen molar-refractivity contribution in [3.63, 3.8) is 0 Å². The Balaban J connectivity index is 1.18. The van der Waals surface area contributed by atoms with Crippen LogP contribution in [0.3, 0.4) is 0 Å². The Bertz CT molecular complexity index is 1110. The molecule has 33 heavy (non-hydrogen) atoms. The lowest BCUT2D eigenvalue weighted by molar-refractivity contribution is -0.173. The molecule has 4 saturated carbocycles. The van der Waals surface area contributed by atoms with Gasteiger partial charge in [0.05, 0.1) is 12.2 Å². The normalized spacial score (nSPS) is 40.3. The van der Waals surface area contributed by atoms with Gasteiger partial charge in [0.25, 0.3) is 0 Å². The van der Waals surface area contributed by atoms with Crippen molar-refractivity contribution in [3.8, 4) is 0 Å². The summed E-state index contributed by atoms with van der Waals surface area (Å²) in [6, 6.07) is 4.96. The first-order chi connectivity index (χ1) is 15.8. The fraction of sp³-hybridized carbons (Fsp3) is 0.640. The molecule has 0 radical (unpaired) electrons. The number of nitrogens with one attached hydrogen (secondary N) is 2. The smallest absolute Gasteiger partial charge is 0.363 e. The Morgan fingerprint density at radius 2 is 1.97 bits per heavy atom. The number of anilines is 1. The Hall–Kier alpha value is -1.73. The maximum Gasteiger partial charge on any atom is 0.410 e. The highest BCUT2D eigenvalue weighted by molar-refractivity contribution is 6.31. The van der Waals surface area contributed by atoms with Gasteiger partial charge in [-0.1, -0.05) is 29.8 Å². The van der Waals surface area contributed by atoms with E-state index in [0.29, 0.717) is 28.4 Å². The van der Waals surface area contributed by atoms with E-state index >= 15 is 0 Å². The number of rotatable bonds is 4. The monoisotopic (exact) mass is 476 g/mol. The largest absolute Gasteiger partial charge is 0.410 e. The molecule has 8 heteroatoms. The van der Waals surface area contributed by atoms with Gasteiger partial charge in [-0.3, -0.25) is 0 Å². The summed E-state index contributed by atoms with van der Waals surface area (Å²) in [6.07, 6.45) is 4.96. The number of alkyl halides is 3. The van der Waals surface area contributed by atoms with Crippen LogP contribution in [0.25, 0.3) is 0 Å². The molecule has 2 N–H and O–H groups in total. The molecule has 1 aromatic carbocycles. The molecule has 0 amide bonds. The van der Waals surface area contributed by atoms with Crippen molar-refractivity contribution in [1.82, 2.24) is 15.1 Å². The average molecular weight is 477 g/mol. The Morgan fingerprint density at radius 3 is 2.79 bits per heavy atom. The van der Waals surface area contributed by atoms with Gasteiger partial charge in [0.1, 0.15) is 5.82 Å². The van der Waals surface area contributed by atoms with Crippen LogP contribution < -0.4 is 10.6 Å². The van der Waals surface area contributed by atoms with Gasteiger partial charge in [0.2, 0.25) is 0 Å². The van der Waals surface area contributed by atoms with Crippen molar-refractivity contribution in [1.29, 1.82) is 0 Å². The number of benzene rings is 1. The van der Waals surface area contributed by atoms with E-state index in [0.717, 1.165) is 28.0 Å². The second-order valence-corrected chi connectivity index (χ2v) is 11.8. The van der Waals surface area contributed by atoms with E-state index in [9.17, 15) is 13.2 Å². The molecule has 176 valence electrons. The molecule has 4 aliphatic carbocycles. The van der Waals surface area contributed by atoms with Gasteiger partial charge < -0.3 is 10.6 Å². The number of hydrogen-bond donors (Lipinski definition) is 2. The van der Waals surface area contributed by atoms with Crippen LogP contribution in [0.4, 0.5) is 19.0 Å². The molecule has 5 aliphatic rings. The average Bonchev–Trinajstić information content (AvgIpc) is 3.32. The van der Waals surface area contributed by atoms with E-state index in [1.807, 2.05) is 6.07 Å². The number of nitrogens with zero attached hydrogens (tertiary/aromatic N) is 2. The summed E-state index contributed by atoms with van der Waals surface area (Å²) < 4.78 is 43.2. The highest BCUT2D eigenvalue weighted by Gasteiger charge is 2.70. The number of fused-ring (bicyclic) bond motifs is 3. The number of halogens is 4. The molecule has 0 saturated heterocycles. The third-order valence-corrected chi connectivity index (χ3v) is 10.1. The molecule has 7 rings (SSSR count). The lowest BCUT2D eigenvalue weighted by Gasteiger charge is -2.49. The van der Waals surface area contributed by atoms with Gasteiger partial charge in [-0.05, 0) is 73.3 Å². The topological polar surface area (TPSA) is 41.9 Å². The fourth-order valence-electron chi connectivity index (χ4n) is 8.55. The summed E-state index contributed by atoms with van der Waals surface area (Å²) in [5, 5.41) is 11.9. The standard InChI is InChI=1S/C25H28ClF3N4/c26-19-4-2-1-3-18(19)20-7-21(25(27,28)29)33-22(32-20)15(12-31-33)11-30-23-8-14-5-16-6-17(10-23)24(16,9-14)13-23/h1-4,12,14,16-17,20-21,30,32H,5-11,13H2/t14?,16?,17?,20?,21?,23-,24?/m1/s1. The van der Waals surface area contributed by atoms with Crippen LogP contribution >= 0.6 is 11.6 Å². The van der Waals surface area contributed by atoms with E-state index < -0.39 is 18.3 Å². The summed E-state index contributed by atoms with van der Waals surface area (Å²) >= 11 is 6.36. The number of aromatic nitrogens is 2. The van der Waals surface area contributed by atoms with Gasteiger partial charge in [-0.15, -0.1) is 0 Å². The minimum Gasteiger partial charge on any atom is -0.363 e. The molecule has 1 spiro atoms. The van der Waals surface area contributed by atoms with Crippen LogP contribution in [-0.4, -0.2) is 21.5 Å². The van der Waals surface area contributed by atoms with Crippen LogP contribution in [0.1, 0.15) is 68.2 Å². The molecule has 6 unspecified atom stereocenters. The quantitative estimate of drug-likeness (QED) is 0.547. The van der Waals surface area contributed by atoms with Crippen LogP contribution in [0, 0.1) is 23.2 Å². The zero-order valence-corrected chi connectivity index (χ0v) is 19.1. The third-order valence-electron chi connectivity index (χ3n) is 9.71. The van der Waals surface area contributed by atoms with E-state index in [1.165, 1.54) is 38.5 Å². The first-order valence-electron chi connectivity index (χ1n) is 12.2. The summed E-state index contributed by atoms with van der Waals surface area (Å²) in [5.74, 6) is 3.06. The second kappa shape index (κ2) is 6.69. The lowest BCUT2D eigenvalue weighted by atomic mass is 9.56. The predicted molar refractivity (Wildman–Crippen MR) is 120 cm³/mol. The predicted octanol–water partition coefficient (Wildman–Crippen LogP) is 6.26. The molecule has 4 fully saturated rings. The second-order valence-electron chi connectivity index (χ2n) is 11.4. The molecule has 2 heterocycles. The van der Waals surface area contributed by atoms with Crippen molar-refractivity contribution >= 4 is 17.4 Å². The summed E-state index contributed by atoms with van der Waals surface area (Å²) in [7, 11) is 0. The molecular formula is C25H28ClF3N4. The van der Waals surface area contributed by atoms with Gasteiger partial charge in [0, 0.05) is 29.1 Å². The molecule has 7 atom stereocenters. The van der Waals surface area contributed by atoms with E-state index in [1.54, 1.807) is 24.4 Å². The summed E-state index contributed by atoms with van der Waals surface area (Å²) in [4.78, 5) is 0. The van der Waals surface area contributed by atoms with E-state index in [-0.39, 0.29) is 12.0 Å². The summed E-state index contributed by atoms with van der Waals surface area (Å²) in [5.41, 5.74) is 2.22. The lowest BCUT2D eigenvalue weighted by Crippen LogP contribution is -2.47. The fourth-order valence-corrected chi connectivity index (χ4v) is 8.82. The van der Waals surface area contributed by atoms with Crippen molar-refractivity contribution < 1.29 is 13.2 Å². The molecule has 1 aliphatic heterocycles. The van der Waals surface area contributed by atoms with Crippen LogP contribution in [0.2, 0.25) is 5.02 Å². The molecule has 2 aromatic rings. The van der Waals surface area contributed by atoms with Crippen molar-refractivity contribution in [3.05, 3.63) is 46.6 Å². The van der Waals surface area contributed by atoms with Crippen LogP contribution in [0.5, 0.6) is 0 Å². The highest BCUT2D eigenvalue weighted by Crippen LogP contribution is 2.76. The SMILES string of the molecule is FC(F)(F)C1CC(c2ccccc2Cl)Nc2c(CN[C@]34CC5CC6CC(C3)C6(C5)C4)cnn21. The van der Waals surface area contributed by atoms with Crippen molar-refractivity contribution in [2.24, 2.45) is 23.2 Å². The first kappa shape index (κ1) is 20.6. The number of hydrogen-bond acceptors (Lipinski definition) is 3. The Kier molecular flexibility index (Phi) is 4.18. The molecule has 3 bridgehead atoms. The van der Waals surface area contributed by atoms with E-state index in [2.05, 4.69) is 15.7 Å². The van der Waals surface area contributed by atoms with E-state index in [4.69, 9.17) is 11.6 Å². The molecular weight excluding hydrogens is 449 g/mol. The third kappa shape index (κ3) is 2.90. The maximum atomic E-state index is 14.0. The highest BCUT2D eigenvalue weighted by atomic mass is 35.5. The van der Waals surface area contributed by atoms with Crippen LogP contribution in [-0.2, 0) is 6.54 Å².